The van der Waals surface area contributed by atoms with Crippen LogP contribution in [0.1, 0.15) is 23.8 Å². The van der Waals surface area contributed by atoms with E-state index in [1.54, 1.807) is 31.4 Å². The number of hydrogen-bond acceptors (Lipinski definition) is 6. The van der Waals surface area contributed by atoms with Gasteiger partial charge in [-0.05, 0) is 30.7 Å². The summed E-state index contributed by atoms with van der Waals surface area (Å²) in [5.74, 6) is 0.0982. The van der Waals surface area contributed by atoms with Gasteiger partial charge in [0.05, 0.1) is 12.4 Å². The summed E-state index contributed by atoms with van der Waals surface area (Å²) in [6.07, 6.45) is 3.79. The van der Waals surface area contributed by atoms with E-state index in [0.29, 0.717) is 30.3 Å². The van der Waals surface area contributed by atoms with Crippen LogP contribution in [0.4, 0.5) is 17.2 Å². The van der Waals surface area contributed by atoms with E-state index < -0.39 is 0 Å². The Morgan fingerprint density at radius 2 is 1.72 bits per heavy atom. The quantitative estimate of drug-likeness (QED) is 0.634. The van der Waals surface area contributed by atoms with Crippen molar-refractivity contribution in [2.45, 2.75) is 13.3 Å². The highest BCUT2D eigenvalue weighted by molar-refractivity contribution is 6.02. The molecule has 2 amide bonds. The molecule has 25 heavy (non-hydrogen) atoms. The lowest BCUT2D eigenvalue weighted by Crippen LogP contribution is -2.15. The van der Waals surface area contributed by atoms with E-state index >= 15 is 0 Å². The number of anilines is 3. The molecule has 0 fully saturated rings. The lowest BCUT2D eigenvalue weighted by Gasteiger charge is -2.08. The van der Waals surface area contributed by atoms with Crippen molar-refractivity contribution in [1.82, 2.24) is 9.97 Å². The number of methoxy groups -OCH3 is 1. The molecule has 2 aromatic rings. The lowest BCUT2D eigenvalue weighted by atomic mass is 10.2. The van der Waals surface area contributed by atoms with Crippen molar-refractivity contribution in [3.8, 4) is 0 Å². The number of hydrogen-bond donors (Lipinski definition) is 3. The molecular formula is C17H21N5O3. The van der Waals surface area contributed by atoms with Crippen LogP contribution in [0.2, 0.25) is 0 Å². The highest BCUT2D eigenvalue weighted by Gasteiger charge is 2.08. The van der Waals surface area contributed by atoms with Gasteiger partial charge in [-0.15, -0.1) is 0 Å². The Hall–Kier alpha value is -3.00. The van der Waals surface area contributed by atoms with Crippen LogP contribution in [0.25, 0.3) is 0 Å². The molecule has 2 rings (SSSR count). The van der Waals surface area contributed by atoms with Crippen LogP contribution in [-0.4, -0.2) is 42.0 Å². The molecule has 0 saturated heterocycles. The number of carbonyl (C=O) groups is 2. The molecule has 0 saturated carbocycles. The third kappa shape index (κ3) is 6.19. The SMILES string of the molecule is COCCCNc1cnc(C(=O)Nc2ccc(NC(C)=O)cc2)cn1. The first-order valence-corrected chi connectivity index (χ1v) is 7.82. The van der Waals surface area contributed by atoms with Crippen molar-refractivity contribution < 1.29 is 14.3 Å². The van der Waals surface area contributed by atoms with Crippen molar-refractivity contribution in [3.05, 3.63) is 42.4 Å². The second-order valence-corrected chi connectivity index (χ2v) is 5.27. The van der Waals surface area contributed by atoms with Crippen molar-refractivity contribution >= 4 is 29.0 Å². The number of nitrogens with one attached hydrogen (secondary N) is 3. The van der Waals surface area contributed by atoms with Crippen LogP contribution in [-0.2, 0) is 9.53 Å². The zero-order valence-corrected chi connectivity index (χ0v) is 14.2. The number of ether oxygens (including phenoxy) is 1. The maximum Gasteiger partial charge on any atom is 0.275 e. The first kappa shape index (κ1) is 18.3. The van der Waals surface area contributed by atoms with Crippen LogP contribution in [0.5, 0.6) is 0 Å². The van der Waals surface area contributed by atoms with Crippen molar-refractivity contribution in [1.29, 1.82) is 0 Å². The topological polar surface area (TPSA) is 105 Å². The van der Waals surface area contributed by atoms with Gasteiger partial charge in [-0.3, -0.25) is 9.59 Å². The molecule has 0 bridgehead atoms. The summed E-state index contributed by atoms with van der Waals surface area (Å²) in [5, 5.41) is 8.48. The standard InChI is InChI=1S/C17H21N5O3/c1-12(23)21-13-4-6-14(7-5-13)22-17(24)15-10-20-16(11-19-15)18-8-3-9-25-2/h4-7,10-11H,3,8-9H2,1-2H3,(H,18,20)(H,21,23)(H,22,24). The zero-order valence-electron chi connectivity index (χ0n) is 14.2. The highest BCUT2D eigenvalue weighted by atomic mass is 16.5. The summed E-state index contributed by atoms with van der Waals surface area (Å²) in [4.78, 5) is 31.4. The molecule has 0 aliphatic heterocycles. The molecule has 1 heterocycles. The Labute approximate surface area is 146 Å². The summed E-state index contributed by atoms with van der Waals surface area (Å²) >= 11 is 0. The molecule has 132 valence electrons. The van der Waals surface area contributed by atoms with E-state index in [4.69, 9.17) is 4.74 Å². The van der Waals surface area contributed by atoms with Gasteiger partial charge in [-0.1, -0.05) is 0 Å². The van der Waals surface area contributed by atoms with E-state index in [-0.39, 0.29) is 17.5 Å². The molecule has 1 aromatic carbocycles. The normalized spacial score (nSPS) is 10.2. The van der Waals surface area contributed by atoms with Gasteiger partial charge in [-0.2, -0.15) is 0 Å². The molecule has 1 aromatic heterocycles. The van der Waals surface area contributed by atoms with Crippen LogP contribution in [0.15, 0.2) is 36.7 Å². The third-order valence-corrected chi connectivity index (χ3v) is 3.18. The third-order valence-electron chi connectivity index (χ3n) is 3.18. The van der Waals surface area contributed by atoms with Crippen molar-refractivity contribution in [3.63, 3.8) is 0 Å². The van der Waals surface area contributed by atoms with Crippen molar-refractivity contribution in [2.75, 3.05) is 36.2 Å². The molecule has 8 nitrogen and oxygen atoms in total. The number of carbonyl (C=O) groups excluding carboxylic acids is 2. The number of amides is 2. The number of nitrogens with zero attached hydrogens (tertiary/aromatic N) is 2. The molecule has 0 aliphatic rings. The summed E-state index contributed by atoms with van der Waals surface area (Å²) in [6, 6.07) is 6.80. The van der Waals surface area contributed by atoms with Crippen molar-refractivity contribution in [2.24, 2.45) is 0 Å². The number of rotatable bonds is 8. The minimum absolute atomic E-state index is 0.150. The maximum atomic E-state index is 12.2. The van der Waals surface area contributed by atoms with Gasteiger partial charge in [0.1, 0.15) is 11.5 Å². The van der Waals surface area contributed by atoms with E-state index in [1.807, 2.05) is 0 Å². The Balaban J connectivity index is 1.88. The van der Waals surface area contributed by atoms with Gasteiger partial charge in [0.25, 0.3) is 5.91 Å². The van der Waals surface area contributed by atoms with Crippen LogP contribution in [0.3, 0.4) is 0 Å². The molecule has 0 unspecified atom stereocenters. The highest BCUT2D eigenvalue weighted by Crippen LogP contribution is 2.14. The fourth-order valence-electron chi connectivity index (χ4n) is 2.00. The van der Waals surface area contributed by atoms with E-state index in [2.05, 4.69) is 25.9 Å². The van der Waals surface area contributed by atoms with Gasteiger partial charge in [-0.25, -0.2) is 9.97 Å². The van der Waals surface area contributed by atoms with Gasteiger partial charge in [0.2, 0.25) is 5.91 Å². The Morgan fingerprint density at radius 3 is 2.28 bits per heavy atom. The Morgan fingerprint density at radius 1 is 1.04 bits per heavy atom. The average Bonchev–Trinajstić information content (AvgIpc) is 2.60. The second kappa shape index (κ2) is 9.33. The fourth-order valence-corrected chi connectivity index (χ4v) is 2.00. The van der Waals surface area contributed by atoms with E-state index in [1.165, 1.54) is 19.3 Å². The predicted octanol–water partition coefficient (Wildman–Crippen LogP) is 2.14. The Bertz CT molecular complexity index is 701. The molecule has 8 heteroatoms. The smallest absolute Gasteiger partial charge is 0.275 e. The van der Waals surface area contributed by atoms with Gasteiger partial charge < -0.3 is 20.7 Å². The summed E-state index contributed by atoms with van der Waals surface area (Å²) < 4.78 is 4.96. The lowest BCUT2D eigenvalue weighted by molar-refractivity contribution is -0.114. The monoisotopic (exact) mass is 343 g/mol. The second-order valence-electron chi connectivity index (χ2n) is 5.27. The molecular weight excluding hydrogens is 322 g/mol. The minimum Gasteiger partial charge on any atom is -0.385 e. The first-order chi connectivity index (χ1) is 12.1. The predicted molar refractivity (Wildman–Crippen MR) is 95.7 cm³/mol. The molecule has 3 N–H and O–H groups in total. The van der Waals surface area contributed by atoms with Gasteiger partial charge in [0, 0.05) is 38.6 Å². The molecule has 0 aliphatic carbocycles. The summed E-state index contributed by atoms with van der Waals surface area (Å²) in [6.45, 7) is 2.82. The Kier molecular flexibility index (Phi) is 6.85. The first-order valence-electron chi connectivity index (χ1n) is 7.82. The zero-order chi connectivity index (χ0) is 18.1. The molecule has 0 radical (unpaired) electrons. The summed E-state index contributed by atoms with van der Waals surface area (Å²) in [5.41, 5.74) is 1.48. The van der Waals surface area contributed by atoms with Gasteiger partial charge >= 0.3 is 0 Å². The van der Waals surface area contributed by atoms with E-state index in [9.17, 15) is 9.59 Å². The van der Waals surface area contributed by atoms with Crippen LogP contribution < -0.4 is 16.0 Å². The molecule has 0 atom stereocenters. The average molecular weight is 343 g/mol. The minimum atomic E-state index is -0.356. The maximum absolute atomic E-state index is 12.2. The summed E-state index contributed by atoms with van der Waals surface area (Å²) in [7, 11) is 1.65. The van der Waals surface area contributed by atoms with E-state index in [0.717, 1.165) is 6.42 Å². The fraction of sp³-hybridized carbons (Fsp3) is 0.294. The van der Waals surface area contributed by atoms with Gasteiger partial charge in [0.15, 0.2) is 0 Å². The van der Waals surface area contributed by atoms with Crippen LogP contribution >= 0.6 is 0 Å². The number of aromatic nitrogens is 2. The number of benzene rings is 1. The largest absolute Gasteiger partial charge is 0.385 e. The van der Waals surface area contributed by atoms with Crippen LogP contribution in [0, 0.1) is 0 Å². The molecule has 0 spiro atoms.